The van der Waals surface area contributed by atoms with Crippen molar-refractivity contribution in [2.45, 2.75) is 59.5 Å². The molecule has 154 valence electrons. The minimum Gasteiger partial charge on any atom is -0.340 e. The maximum atomic E-state index is 13.5. The lowest BCUT2D eigenvalue weighted by Crippen LogP contribution is -2.53. The average Bonchev–Trinajstić information content (AvgIpc) is 3.17. The van der Waals surface area contributed by atoms with Gasteiger partial charge in [0.1, 0.15) is 5.69 Å². The molecule has 0 N–H and O–H groups in total. The van der Waals surface area contributed by atoms with E-state index in [0.29, 0.717) is 12.2 Å². The molecule has 2 unspecified atom stereocenters. The summed E-state index contributed by atoms with van der Waals surface area (Å²) in [5, 5.41) is 4.66. The van der Waals surface area contributed by atoms with Crippen LogP contribution in [0.15, 0.2) is 30.3 Å². The van der Waals surface area contributed by atoms with Crippen molar-refractivity contribution >= 4 is 11.8 Å². The molecule has 3 heterocycles. The normalized spacial score (nSPS) is 22.2. The number of nitrogens with zero attached hydrogens (tertiary/aromatic N) is 4. The van der Waals surface area contributed by atoms with E-state index in [-0.39, 0.29) is 23.9 Å². The number of carbonyl (C=O) groups excluding carboxylic acids is 2. The molecular weight excluding hydrogens is 364 g/mol. The second-order valence-corrected chi connectivity index (χ2v) is 9.28. The zero-order valence-electron chi connectivity index (χ0n) is 18.0. The first-order chi connectivity index (χ1) is 13.7. The molecule has 2 aliphatic heterocycles. The minimum atomic E-state index is -0.407. The topological polar surface area (TPSA) is 58.4 Å². The fraction of sp³-hybridized carbons (Fsp3) is 0.522. The third-order valence-electron chi connectivity index (χ3n) is 6.10. The molecule has 29 heavy (non-hydrogen) atoms. The lowest BCUT2D eigenvalue weighted by molar-refractivity contribution is -0.141. The molecule has 6 heteroatoms. The molecule has 4 rings (SSSR count). The van der Waals surface area contributed by atoms with Gasteiger partial charge in [-0.3, -0.25) is 9.59 Å². The standard InChI is InChI=1S/C23H30N4O2/c1-15-19-16(2)26(18-12-9-13-25(14-18)22(29)23(3,4)5)21(28)20(19)27(24-15)17-10-7-6-8-11-17/h6-8,10-11,16,18H,9,12-14H2,1-5H3. The number of fused-ring (bicyclic) bond motifs is 1. The van der Waals surface area contributed by atoms with Crippen LogP contribution >= 0.6 is 0 Å². The monoisotopic (exact) mass is 394 g/mol. The Labute approximate surface area is 172 Å². The predicted molar refractivity (Wildman–Crippen MR) is 112 cm³/mol. The van der Waals surface area contributed by atoms with Crippen molar-refractivity contribution in [2.75, 3.05) is 13.1 Å². The van der Waals surface area contributed by atoms with Gasteiger partial charge in [0.25, 0.3) is 5.91 Å². The quantitative estimate of drug-likeness (QED) is 0.780. The summed E-state index contributed by atoms with van der Waals surface area (Å²) in [4.78, 5) is 30.3. The van der Waals surface area contributed by atoms with E-state index in [0.717, 1.165) is 36.3 Å². The smallest absolute Gasteiger partial charge is 0.273 e. The molecule has 6 nitrogen and oxygen atoms in total. The SMILES string of the molecule is Cc1nn(-c2ccccc2)c2c1C(C)N(C1CCCN(C(=O)C(C)(C)C)C1)C2=O. The second-order valence-electron chi connectivity index (χ2n) is 9.28. The first kappa shape index (κ1) is 19.7. The van der Waals surface area contributed by atoms with E-state index in [4.69, 9.17) is 0 Å². The van der Waals surface area contributed by atoms with Crippen molar-refractivity contribution < 1.29 is 9.59 Å². The number of amides is 2. The lowest BCUT2D eigenvalue weighted by atomic mass is 9.92. The second kappa shape index (κ2) is 7.01. The van der Waals surface area contributed by atoms with Crippen molar-refractivity contribution in [2.24, 2.45) is 5.41 Å². The van der Waals surface area contributed by atoms with Crippen molar-refractivity contribution in [3.05, 3.63) is 47.3 Å². The van der Waals surface area contributed by atoms with E-state index in [1.165, 1.54) is 0 Å². The third-order valence-corrected chi connectivity index (χ3v) is 6.10. The van der Waals surface area contributed by atoms with Gasteiger partial charge in [-0.15, -0.1) is 0 Å². The summed E-state index contributed by atoms with van der Waals surface area (Å²) in [5.74, 6) is 0.178. The van der Waals surface area contributed by atoms with Crippen molar-refractivity contribution in [3.63, 3.8) is 0 Å². The molecule has 1 aromatic carbocycles. The van der Waals surface area contributed by atoms with Gasteiger partial charge < -0.3 is 9.80 Å². The Morgan fingerprint density at radius 2 is 1.86 bits per heavy atom. The number of rotatable bonds is 2. The highest BCUT2D eigenvalue weighted by atomic mass is 16.2. The third kappa shape index (κ3) is 3.24. The van der Waals surface area contributed by atoms with Gasteiger partial charge in [-0.05, 0) is 38.8 Å². The van der Waals surface area contributed by atoms with Crippen LogP contribution in [0.1, 0.15) is 68.3 Å². The lowest BCUT2D eigenvalue weighted by Gasteiger charge is -2.41. The number of aromatic nitrogens is 2. The summed E-state index contributed by atoms with van der Waals surface area (Å²) in [7, 11) is 0. The Morgan fingerprint density at radius 1 is 1.17 bits per heavy atom. The van der Waals surface area contributed by atoms with Crippen LogP contribution in [-0.2, 0) is 4.79 Å². The molecule has 1 saturated heterocycles. The molecule has 0 bridgehead atoms. The summed E-state index contributed by atoms with van der Waals surface area (Å²) in [5.41, 5.74) is 3.06. The van der Waals surface area contributed by atoms with Crippen LogP contribution in [0.25, 0.3) is 5.69 Å². The molecule has 1 fully saturated rings. The fourth-order valence-electron chi connectivity index (χ4n) is 4.76. The van der Waals surface area contributed by atoms with E-state index in [9.17, 15) is 9.59 Å². The van der Waals surface area contributed by atoms with Gasteiger partial charge in [0, 0.05) is 24.1 Å². The van der Waals surface area contributed by atoms with Gasteiger partial charge in [0.15, 0.2) is 0 Å². The van der Waals surface area contributed by atoms with Gasteiger partial charge in [-0.25, -0.2) is 4.68 Å². The summed E-state index contributed by atoms with van der Waals surface area (Å²) in [6.45, 7) is 11.3. The number of aryl methyl sites for hydroxylation is 1. The van der Waals surface area contributed by atoms with Crippen LogP contribution in [0, 0.1) is 12.3 Å². The predicted octanol–water partition coefficient (Wildman–Crippen LogP) is 3.73. The zero-order chi connectivity index (χ0) is 20.9. The molecule has 2 aromatic rings. The minimum absolute atomic E-state index is 0.0204. The van der Waals surface area contributed by atoms with Gasteiger partial charge in [0.2, 0.25) is 5.91 Å². The van der Waals surface area contributed by atoms with Crippen LogP contribution in [0.4, 0.5) is 0 Å². The molecule has 2 atom stereocenters. The van der Waals surface area contributed by atoms with E-state index >= 15 is 0 Å². The number of likely N-dealkylation sites (tertiary alicyclic amines) is 1. The first-order valence-electron chi connectivity index (χ1n) is 10.5. The zero-order valence-corrected chi connectivity index (χ0v) is 18.0. The number of piperidine rings is 1. The van der Waals surface area contributed by atoms with E-state index in [1.54, 1.807) is 4.68 Å². The molecule has 0 spiro atoms. The molecule has 2 aliphatic rings. The Bertz CT molecular complexity index is 942. The van der Waals surface area contributed by atoms with E-state index < -0.39 is 5.41 Å². The number of hydrogen-bond donors (Lipinski definition) is 0. The van der Waals surface area contributed by atoms with E-state index in [1.807, 2.05) is 67.8 Å². The summed E-state index contributed by atoms with van der Waals surface area (Å²) < 4.78 is 1.78. The van der Waals surface area contributed by atoms with Crippen LogP contribution in [0.3, 0.4) is 0 Å². The Kier molecular flexibility index (Phi) is 4.75. The molecule has 0 radical (unpaired) electrons. The molecule has 0 saturated carbocycles. The number of hydrogen-bond acceptors (Lipinski definition) is 3. The van der Waals surface area contributed by atoms with Crippen LogP contribution in [0.5, 0.6) is 0 Å². The van der Waals surface area contributed by atoms with Crippen molar-refractivity contribution in [3.8, 4) is 5.69 Å². The molecular formula is C23H30N4O2. The largest absolute Gasteiger partial charge is 0.340 e. The van der Waals surface area contributed by atoms with Crippen LogP contribution in [-0.4, -0.2) is 50.5 Å². The summed E-state index contributed by atoms with van der Waals surface area (Å²) in [6.07, 6.45) is 1.84. The van der Waals surface area contributed by atoms with Gasteiger partial charge >= 0.3 is 0 Å². The van der Waals surface area contributed by atoms with E-state index in [2.05, 4.69) is 12.0 Å². The highest BCUT2D eigenvalue weighted by molar-refractivity contribution is 5.98. The number of para-hydroxylation sites is 1. The molecule has 1 aromatic heterocycles. The Balaban J connectivity index is 1.65. The van der Waals surface area contributed by atoms with Gasteiger partial charge in [0.05, 0.1) is 23.5 Å². The highest BCUT2D eigenvalue weighted by Gasteiger charge is 2.45. The Morgan fingerprint density at radius 3 is 2.52 bits per heavy atom. The number of carbonyl (C=O) groups is 2. The highest BCUT2D eigenvalue weighted by Crippen LogP contribution is 2.39. The van der Waals surface area contributed by atoms with Crippen LogP contribution < -0.4 is 0 Å². The maximum absolute atomic E-state index is 13.5. The van der Waals surface area contributed by atoms with Crippen molar-refractivity contribution in [1.82, 2.24) is 19.6 Å². The first-order valence-corrected chi connectivity index (χ1v) is 10.5. The average molecular weight is 395 g/mol. The summed E-state index contributed by atoms with van der Waals surface area (Å²) in [6, 6.07) is 9.81. The van der Waals surface area contributed by atoms with Gasteiger partial charge in [-0.2, -0.15) is 5.10 Å². The fourth-order valence-corrected chi connectivity index (χ4v) is 4.76. The van der Waals surface area contributed by atoms with Crippen molar-refractivity contribution in [1.29, 1.82) is 0 Å². The number of benzene rings is 1. The maximum Gasteiger partial charge on any atom is 0.273 e. The molecule has 2 amide bonds. The summed E-state index contributed by atoms with van der Waals surface area (Å²) >= 11 is 0. The van der Waals surface area contributed by atoms with Crippen LogP contribution in [0.2, 0.25) is 0 Å². The van der Waals surface area contributed by atoms with Gasteiger partial charge in [-0.1, -0.05) is 39.0 Å². The molecule has 0 aliphatic carbocycles. The Hall–Kier alpha value is -2.63.